The average molecular weight is 1190 g/mol. The van der Waals surface area contributed by atoms with E-state index in [0.717, 1.165) is 0 Å². The standard InChI is InChI=1S/C29H33N3O11.C29H35N3O10/c1-15-20(31-32-30)28(38-3)40-19(14-39-26(36)17-10-6-4-7-11-17)22(15)42-29-23(16(2)21(33)24(43-29)25(34)35)41-27(37)18-12-8-5-9-13-18;1-16-22(31-32-30)28(37-3)40-21(15-38-26(35)18-10-6-4-7-11-18)24(16)42-29-25(17(2)23(34)20(14-33)39-29)41-27(36)19-12-8-5-9-13-19/h4-13,15-16,19-24,28-29,33H,14H2,1-3H3,(H,34,35);4-13,16-17,20-25,28-29,33-34H,14-15H2,1-3H3/t15-,16+,19?,20?,21+,22+,23?,24?,28+,29-;16-,17+,20?,21?,22?,23+,24+,25?,28+,29+/m11/s1. The molecule has 0 aliphatic carbocycles. The lowest BCUT2D eigenvalue weighted by molar-refractivity contribution is -0.332. The SMILES string of the molecule is CO[C@H]1OC(COC(=O)c2ccccc2)[C@@H](O[C@@H]2OC(C(=O)O)[C@@H](O)[C@H](C)C2OC(=O)c2ccccc2)[C@H](C)C1N=[N+]=[N-].CO[C@H]1OC(COC(=O)c2ccccc2)[C@@H](O[C@@H]2OC(CO)[C@@H](O)[C@H](C)C2OC(=O)c2ccccc2)[C@H](C)C1N=[N+]=[N-]. The number of aliphatic hydroxyl groups excluding tert-OH is 3. The fourth-order valence-electron chi connectivity index (χ4n) is 10.2. The van der Waals surface area contributed by atoms with Crippen LogP contribution in [0.1, 0.15) is 69.1 Å². The van der Waals surface area contributed by atoms with Gasteiger partial charge in [-0.15, -0.1) is 0 Å². The number of azide groups is 2. The summed E-state index contributed by atoms with van der Waals surface area (Å²) >= 11 is 0. The highest BCUT2D eigenvalue weighted by molar-refractivity contribution is 5.91. The molecule has 4 aromatic carbocycles. The number of aliphatic carboxylic acids is 1. The summed E-state index contributed by atoms with van der Waals surface area (Å²) in [7, 11) is 2.75. The largest absolute Gasteiger partial charge is 0.479 e. The zero-order valence-corrected chi connectivity index (χ0v) is 47.1. The highest BCUT2D eigenvalue weighted by atomic mass is 16.8. The number of benzene rings is 4. The second-order valence-electron chi connectivity index (χ2n) is 20.5. The third-order valence-electron chi connectivity index (χ3n) is 15.1. The minimum atomic E-state index is -1.71. The number of carboxylic acid groups (broad SMARTS) is 1. The second kappa shape index (κ2) is 31.0. The lowest BCUT2D eigenvalue weighted by Gasteiger charge is -2.47. The van der Waals surface area contributed by atoms with Crippen molar-refractivity contribution in [2.24, 2.45) is 33.9 Å². The van der Waals surface area contributed by atoms with E-state index < -0.39 is 158 Å². The Morgan fingerprint density at radius 1 is 0.482 bits per heavy atom. The molecular formula is C58H68N6O21. The molecule has 4 heterocycles. The first-order chi connectivity index (χ1) is 40.9. The van der Waals surface area contributed by atoms with Crippen molar-refractivity contribution in [2.45, 2.75) is 126 Å². The number of hydrogen-bond donors (Lipinski definition) is 4. The van der Waals surface area contributed by atoms with Gasteiger partial charge in [-0.3, -0.25) is 0 Å². The molecule has 8 unspecified atom stereocenters. The van der Waals surface area contributed by atoms with Crippen molar-refractivity contribution in [1.29, 1.82) is 0 Å². The summed E-state index contributed by atoms with van der Waals surface area (Å²) in [5.41, 5.74) is 19.5. The zero-order chi connectivity index (χ0) is 61.3. The van der Waals surface area contributed by atoms with Crippen LogP contribution in [0.5, 0.6) is 0 Å². The van der Waals surface area contributed by atoms with Gasteiger partial charge >= 0.3 is 29.8 Å². The maximum Gasteiger partial charge on any atom is 0.338 e. The highest BCUT2D eigenvalue weighted by Crippen LogP contribution is 2.39. The first-order valence-electron chi connectivity index (χ1n) is 27.2. The van der Waals surface area contributed by atoms with Crippen molar-refractivity contribution in [3.05, 3.63) is 164 Å². The van der Waals surface area contributed by atoms with Crippen LogP contribution >= 0.6 is 0 Å². The molecule has 8 rings (SSSR count). The van der Waals surface area contributed by atoms with Gasteiger partial charge in [0.05, 0.1) is 65.4 Å². The molecule has 456 valence electrons. The van der Waals surface area contributed by atoms with E-state index in [2.05, 4.69) is 20.1 Å². The van der Waals surface area contributed by atoms with Gasteiger partial charge in [0.1, 0.15) is 31.5 Å². The number of aliphatic hydroxyl groups is 3. The molecule has 27 heteroatoms. The van der Waals surface area contributed by atoms with E-state index in [1.54, 1.807) is 130 Å². The molecule has 0 radical (unpaired) electrons. The van der Waals surface area contributed by atoms with Gasteiger partial charge in [-0.25, -0.2) is 24.0 Å². The van der Waals surface area contributed by atoms with Gasteiger partial charge in [-0.05, 0) is 71.4 Å². The summed E-state index contributed by atoms with van der Waals surface area (Å²) in [5.74, 6) is -6.95. The smallest absolute Gasteiger partial charge is 0.338 e. The van der Waals surface area contributed by atoms with Crippen molar-refractivity contribution in [1.82, 2.24) is 0 Å². The van der Waals surface area contributed by atoms with E-state index in [1.165, 1.54) is 33.3 Å². The summed E-state index contributed by atoms with van der Waals surface area (Å²) in [6, 6.07) is 31.3. The third kappa shape index (κ3) is 16.0. The van der Waals surface area contributed by atoms with Crippen LogP contribution in [0, 0.1) is 23.7 Å². The van der Waals surface area contributed by atoms with Crippen LogP contribution in [0.3, 0.4) is 0 Å². The molecule has 0 aromatic heterocycles. The summed E-state index contributed by atoms with van der Waals surface area (Å²) < 4.78 is 69.7. The Labute approximate surface area is 488 Å². The zero-order valence-electron chi connectivity index (χ0n) is 47.1. The molecule has 4 saturated heterocycles. The van der Waals surface area contributed by atoms with Gasteiger partial charge in [0, 0.05) is 35.9 Å². The fourth-order valence-corrected chi connectivity index (χ4v) is 10.2. The molecule has 0 amide bonds. The molecule has 4 aliphatic heterocycles. The van der Waals surface area contributed by atoms with Crippen LogP contribution in [-0.4, -0.2) is 183 Å². The van der Waals surface area contributed by atoms with Crippen molar-refractivity contribution in [3.8, 4) is 0 Å². The predicted octanol–water partition coefficient (Wildman–Crippen LogP) is 5.80. The fraction of sp³-hybridized carbons (Fsp3) is 0.500. The normalized spacial score (nSPS) is 32.5. The van der Waals surface area contributed by atoms with E-state index in [-0.39, 0.29) is 24.3 Å². The molecule has 4 aromatic rings. The number of ether oxygens (including phenoxy) is 12. The minimum Gasteiger partial charge on any atom is -0.479 e. The summed E-state index contributed by atoms with van der Waals surface area (Å²) in [4.78, 5) is 69.1. The van der Waals surface area contributed by atoms with Crippen molar-refractivity contribution in [3.63, 3.8) is 0 Å². The van der Waals surface area contributed by atoms with Gasteiger partial charge in [-0.1, -0.05) is 111 Å². The van der Waals surface area contributed by atoms with E-state index in [1.807, 2.05) is 0 Å². The van der Waals surface area contributed by atoms with Crippen LogP contribution < -0.4 is 0 Å². The quantitative estimate of drug-likeness (QED) is 0.0267. The summed E-state index contributed by atoms with van der Waals surface area (Å²) in [5, 5.41) is 48.7. The molecule has 4 fully saturated rings. The molecule has 4 aliphatic rings. The molecule has 20 atom stereocenters. The molecule has 27 nitrogen and oxygen atoms in total. The van der Waals surface area contributed by atoms with E-state index >= 15 is 0 Å². The lowest BCUT2D eigenvalue weighted by atomic mass is 9.87. The van der Waals surface area contributed by atoms with Gasteiger partial charge < -0.3 is 77.3 Å². The Morgan fingerprint density at radius 2 is 0.824 bits per heavy atom. The van der Waals surface area contributed by atoms with Crippen LogP contribution in [0.2, 0.25) is 0 Å². The molecule has 0 bridgehead atoms. The van der Waals surface area contributed by atoms with Gasteiger partial charge in [0.25, 0.3) is 0 Å². The van der Waals surface area contributed by atoms with Crippen LogP contribution in [0.25, 0.3) is 20.9 Å². The molecule has 85 heavy (non-hydrogen) atoms. The first kappa shape index (κ1) is 65.0. The molecule has 0 saturated carbocycles. The Kier molecular flexibility index (Phi) is 23.7. The highest BCUT2D eigenvalue weighted by Gasteiger charge is 2.54. The molecular weight excluding hydrogens is 1120 g/mol. The third-order valence-corrected chi connectivity index (χ3v) is 15.1. The molecule has 4 N–H and O–H groups in total. The van der Waals surface area contributed by atoms with E-state index in [9.17, 15) is 55.5 Å². The number of hydrogen-bond acceptors (Lipinski definition) is 22. The van der Waals surface area contributed by atoms with Crippen molar-refractivity contribution in [2.75, 3.05) is 34.0 Å². The summed E-state index contributed by atoms with van der Waals surface area (Å²) in [6.07, 6.45) is -16.5. The van der Waals surface area contributed by atoms with Gasteiger partial charge in [0.15, 0.2) is 43.5 Å². The number of carbonyl (C=O) groups excluding carboxylic acids is 4. The van der Waals surface area contributed by atoms with E-state index in [0.29, 0.717) is 11.1 Å². The predicted molar refractivity (Wildman–Crippen MR) is 292 cm³/mol. The Balaban J connectivity index is 0.000000244. The Hall–Kier alpha value is -7.59. The maximum atomic E-state index is 13.0. The number of rotatable bonds is 20. The van der Waals surface area contributed by atoms with Crippen LogP contribution in [-0.2, 0) is 61.6 Å². The number of esters is 4. The van der Waals surface area contributed by atoms with Gasteiger partial charge in [-0.2, -0.15) is 0 Å². The Bertz CT molecular complexity index is 2930. The number of carboxylic acids is 1. The minimum absolute atomic E-state index is 0.217. The monoisotopic (exact) mass is 1180 g/mol. The van der Waals surface area contributed by atoms with Crippen molar-refractivity contribution < 1.29 is 101 Å². The number of nitrogens with zero attached hydrogens (tertiary/aromatic N) is 6. The van der Waals surface area contributed by atoms with Crippen LogP contribution in [0.4, 0.5) is 0 Å². The number of carbonyl (C=O) groups is 5. The second-order valence-corrected chi connectivity index (χ2v) is 20.5. The van der Waals surface area contributed by atoms with Gasteiger partial charge in [0.2, 0.25) is 0 Å². The summed E-state index contributed by atoms with van der Waals surface area (Å²) in [6.45, 7) is 5.49. The maximum absolute atomic E-state index is 13.0. The topological polar surface area (TPSA) is 375 Å². The van der Waals surface area contributed by atoms with Crippen molar-refractivity contribution >= 4 is 29.8 Å². The molecule has 0 spiro atoms. The lowest BCUT2D eigenvalue weighted by Crippen LogP contribution is -2.62. The van der Waals surface area contributed by atoms with E-state index in [4.69, 9.17) is 56.8 Å². The first-order valence-corrected chi connectivity index (χ1v) is 27.2. The average Bonchev–Trinajstić information content (AvgIpc) is 2.00. The number of methoxy groups -OCH3 is 2. The van der Waals surface area contributed by atoms with Crippen LogP contribution in [0.15, 0.2) is 132 Å². The Morgan fingerprint density at radius 3 is 1.16 bits per heavy atom.